The van der Waals surface area contributed by atoms with Gasteiger partial charge in [0.2, 0.25) is 0 Å². The van der Waals surface area contributed by atoms with Gasteiger partial charge in [0.05, 0.1) is 11.7 Å². The summed E-state index contributed by atoms with van der Waals surface area (Å²) in [5, 5.41) is 8.08. The van der Waals surface area contributed by atoms with Gasteiger partial charge in [0.25, 0.3) is 0 Å². The summed E-state index contributed by atoms with van der Waals surface area (Å²) in [6.07, 6.45) is 3.04. The molecular formula is C16H21N3O2. The molecule has 1 atom stereocenters. The molecule has 1 N–H and O–H groups in total. The normalized spacial score (nSPS) is 15.0. The van der Waals surface area contributed by atoms with E-state index in [1.54, 1.807) is 0 Å². The maximum atomic E-state index is 5.68. The minimum Gasteiger partial charge on any atom is -0.486 e. The summed E-state index contributed by atoms with van der Waals surface area (Å²) in [5.74, 6) is 1.64. The minimum atomic E-state index is 0.0713. The summed E-state index contributed by atoms with van der Waals surface area (Å²) in [7, 11) is 1.93. The Balaban J connectivity index is 1.92. The Morgan fingerprint density at radius 3 is 2.76 bits per heavy atom. The van der Waals surface area contributed by atoms with Crippen LogP contribution in [0.2, 0.25) is 0 Å². The standard InChI is InChI=1S/C16H21N3O2/c1-3-7-17-16(13-6-8-19(2)18-13)12-4-5-14-15(11-12)21-10-9-20-14/h4-6,8,11,16-17H,3,7,9-10H2,1-2H3. The Labute approximate surface area is 124 Å². The first-order valence-electron chi connectivity index (χ1n) is 7.40. The smallest absolute Gasteiger partial charge is 0.161 e. The second kappa shape index (κ2) is 6.18. The first-order valence-corrected chi connectivity index (χ1v) is 7.40. The third kappa shape index (κ3) is 3.03. The number of nitrogens with zero attached hydrogens (tertiary/aromatic N) is 2. The van der Waals surface area contributed by atoms with E-state index in [-0.39, 0.29) is 6.04 Å². The lowest BCUT2D eigenvalue weighted by Crippen LogP contribution is -2.24. The first-order chi connectivity index (χ1) is 10.3. The van der Waals surface area contributed by atoms with Crippen LogP contribution in [0.3, 0.4) is 0 Å². The van der Waals surface area contributed by atoms with Gasteiger partial charge in [0.1, 0.15) is 13.2 Å². The fraction of sp³-hybridized carbons (Fsp3) is 0.438. The highest BCUT2D eigenvalue weighted by molar-refractivity contribution is 5.46. The highest BCUT2D eigenvalue weighted by atomic mass is 16.6. The number of aryl methyl sites for hydroxylation is 1. The second-order valence-corrected chi connectivity index (χ2v) is 5.20. The van der Waals surface area contributed by atoms with E-state index < -0.39 is 0 Å². The van der Waals surface area contributed by atoms with Crippen molar-refractivity contribution in [3.8, 4) is 11.5 Å². The van der Waals surface area contributed by atoms with Crippen molar-refractivity contribution >= 4 is 0 Å². The van der Waals surface area contributed by atoms with Crippen LogP contribution in [-0.4, -0.2) is 29.5 Å². The monoisotopic (exact) mass is 287 g/mol. The van der Waals surface area contributed by atoms with Gasteiger partial charge >= 0.3 is 0 Å². The van der Waals surface area contributed by atoms with E-state index in [1.807, 2.05) is 30.1 Å². The van der Waals surface area contributed by atoms with Crippen molar-refractivity contribution < 1.29 is 9.47 Å². The van der Waals surface area contributed by atoms with E-state index >= 15 is 0 Å². The van der Waals surface area contributed by atoms with Gasteiger partial charge in [-0.3, -0.25) is 4.68 Å². The lowest BCUT2D eigenvalue weighted by molar-refractivity contribution is 0.171. The zero-order valence-electron chi connectivity index (χ0n) is 12.5. The Hall–Kier alpha value is -2.01. The number of fused-ring (bicyclic) bond motifs is 1. The summed E-state index contributed by atoms with van der Waals surface area (Å²) in [4.78, 5) is 0. The van der Waals surface area contributed by atoms with Gasteiger partial charge in [-0.15, -0.1) is 0 Å². The Bertz CT molecular complexity index is 609. The van der Waals surface area contributed by atoms with E-state index in [0.717, 1.165) is 35.7 Å². The zero-order valence-corrected chi connectivity index (χ0v) is 12.5. The van der Waals surface area contributed by atoms with Crippen molar-refractivity contribution in [2.75, 3.05) is 19.8 Å². The van der Waals surface area contributed by atoms with Gasteiger partial charge in [-0.2, -0.15) is 5.10 Å². The molecule has 2 aromatic rings. The average molecular weight is 287 g/mol. The molecule has 0 spiro atoms. The molecule has 0 bridgehead atoms. The quantitative estimate of drug-likeness (QED) is 0.916. The molecule has 0 fully saturated rings. The SMILES string of the molecule is CCCNC(c1ccc2c(c1)OCCO2)c1ccn(C)n1. The maximum Gasteiger partial charge on any atom is 0.161 e. The molecule has 0 saturated heterocycles. The molecule has 0 radical (unpaired) electrons. The van der Waals surface area contributed by atoms with Crippen molar-refractivity contribution in [3.63, 3.8) is 0 Å². The van der Waals surface area contributed by atoms with Crippen LogP contribution in [0.1, 0.15) is 30.6 Å². The molecule has 1 aliphatic heterocycles. The van der Waals surface area contributed by atoms with E-state index in [0.29, 0.717) is 13.2 Å². The Kier molecular flexibility index (Phi) is 4.10. The number of hydrogen-bond acceptors (Lipinski definition) is 4. The number of aromatic nitrogens is 2. The van der Waals surface area contributed by atoms with Crippen molar-refractivity contribution in [2.45, 2.75) is 19.4 Å². The molecule has 1 aromatic heterocycles. The number of benzene rings is 1. The summed E-state index contributed by atoms with van der Waals surface area (Å²) in [5.41, 5.74) is 2.16. The lowest BCUT2D eigenvalue weighted by Gasteiger charge is -2.22. The highest BCUT2D eigenvalue weighted by Gasteiger charge is 2.19. The maximum absolute atomic E-state index is 5.68. The summed E-state index contributed by atoms with van der Waals surface area (Å²) in [6, 6.07) is 8.23. The molecule has 1 unspecified atom stereocenters. The van der Waals surface area contributed by atoms with Gasteiger partial charge in [0.15, 0.2) is 11.5 Å². The highest BCUT2D eigenvalue weighted by Crippen LogP contribution is 2.34. The molecule has 0 saturated carbocycles. The van der Waals surface area contributed by atoms with Gasteiger partial charge in [-0.25, -0.2) is 0 Å². The number of hydrogen-bond donors (Lipinski definition) is 1. The summed E-state index contributed by atoms with van der Waals surface area (Å²) >= 11 is 0. The minimum absolute atomic E-state index is 0.0713. The predicted molar refractivity (Wildman–Crippen MR) is 80.8 cm³/mol. The summed E-state index contributed by atoms with van der Waals surface area (Å²) < 4.78 is 13.1. The molecule has 0 amide bonds. The second-order valence-electron chi connectivity index (χ2n) is 5.20. The molecule has 5 nitrogen and oxygen atoms in total. The largest absolute Gasteiger partial charge is 0.486 e. The molecule has 5 heteroatoms. The Morgan fingerprint density at radius 2 is 2.05 bits per heavy atom. The lowest BCUT2D eigenvalue weighted by atomic mass is 10.0. The van der Waals surface area contributed by atoms with E-state index in [4.69, 9.17) is 9.47 Å². The fourth-order valence-electron chi connectivity index (χ4n) is 2.51. The van der Waals surface area contributed by atoms with Crippen LogP contribution >= 0.6 is 0 Å². The van der Waals surface area contributed by atoms with E-state index in [2.05, 4.69) is 29.5 Å². The molecule has 21 heavy (non-hydrogen) atoms. The Morgan fingerprint density at radius 1 is 1.24 bits per heavy atom. The van der Waals surface area contributed by atoms with Gasteiger partial charge in [-0.1, -0.05) is 13.0 Å². The van der Waals surface area contributed by atoms with Crippen LogP contribution in [0.15, 0.2) is 30.5 Å². The van der Waals surface area contributed by atoms with Crippen LogP contribution < -0.4 is 14.8 Å². The van der Waals surface area contributed by atoms with Crippen molar-refractivity contribution in [2.24, 2.45) is 7.05 Å². The van der Waals surface area contributed by atoms with Gasteiger partial charge < -0.3 is 14.8 Å². The van der Waals surface area contributed by atoms with Crippen LogP contribution in [0.5, 0.6) is 11.5 Å². The molecule has 1 aliphatic rings. The molecule has 3 rings (SSSR count). The first kappa shape index (κ1) is 13.9. The van der Waals surface area contributed by atoms with Crippen LogP contribution in [0.25, 0.3) is 0 Å². The number of ether oxygens (including phenoxy) is 2. The van der Waals surface area contributed by atoms with Crippen LogP contribution in [-0.2, 0) is 7.05 Å². The van der Waals surface area contributed by atoms with Gasteiger partial charge in [-0.05, 0) is 36.7 Å². The van der Waals surface area contributed by atoms with Crippen molar-refractivity contribution in [1.29, 1.82) is 0 Å². The third-order valence-electron chi connectivity index (χ3n) is 3.53. The van der Waals surface area contributed by atoms with Crippen molar-refractivity contribution in [3.05, 3.63) is 41.7 Å². The zero-order chi connectivity index (χ0) is 14.7. The van der Waals surface area contributed by atoms with Crippen LogP contribution in [0.4, 0.5) is 0 Å². The molecule has 2 heterocycles. The molecule has 112 valence electrons. The van der Waals surface area contributed by atoms with Gasteiger partial charge in [0, 0.05) is 13.2 Å². The fourth-order valence-corrected chi connectivity index (χ4v) is 2.51. The number of nitrogens with one attached hydrogen (secondary N) is 1. The summed E-state index contributed by atoms with van der Waals surface area (Å²) in [6.45, 7) is 4.32. The number of rotatable bonds is 5. The third-order valence-corrected chi connectivity index (χ3v) is 3.53. The molecule has 0 aliphatic carbocycles. The predicted octanol–water partition coefficient (Wildman–Crippen LogP) is 2.28. The average Bonchev–Trinajstić information content (AvgIpc) is 2.94. The molecular weight excluding hydrogens is 266 g/mol. The van der Waals surface area contributed by atoms with Crippen molar-refractivity contribution in [1.82, 2.24) is 15.1 Å². The van der Waals surface area contributed by atoms with Crippen LogP contribution in [0, 0.1) is 0 Å². The van der Waals surface area contributed by atoms with E-state index in [9.17, 15) is 0 Å². The van der Waals surface area contributed by atoms with E-state index in [1.165, 1.54) is 0 Å². The topological polar surface area (TPSA) is 48.3 Å². The molecule has 1 aromatic carbocycles.